The van der Waals surface area contributed by atoms with Gasteiger partial charge < -0.3 is 24.9 Å². The van der Waals surface area contributed by atoms with E-state index in [4.69, 9.17) is 20.0 Å². The summed E-state index contributed by atoms with van der Waals surface area (Å²) in [7, 11) is 3.23. The summed E-state index contributed by atoms with van der Waals surface area (Å²) in [6, 6.07) is 5.71. The Morgan fingerprint density at radius 1 is 1.08 bits per heavy atom. The van der Waals surface area contributed by atoms with Gasteiger partial charge in [0.15, 0.2) is 11.5 Å². The average molecular weight is 408 g/mol. The highest BCUT2D eigenvalue weighted by molar-refractivity contribution is 5.85. The van der Waals surface area contributed by atoms with Gasteiger partial charge in [0.25, 0.3) is 0 Å². The number of oxime groups is 1. The molecule has 1 heterocycles. The lowest BCUT2D eigenvalue weighted by Crippen LogP contribution is -2.31. The number of ether oxygens (including phenoxy) is 2. The number of benzene rings is 1. The first kappa shape index (κ1) is 24.6. The summed E-state index contributed by atoms with van der Waals surface area (Å²) in [4.78, 5) is 7.83. The molecule has 0 saturated carbocycles. The fourth-order valence-electron chi connectivity index (χ4n) is 2.90. The van der Waals surface area contributed by atoms with Gasteiger partial charge in [-0.2, -0.15) is 0 Å². The molecule has 1 aromatic rings. The van der Waals surface area contributed by atoms with Crippen LogP contribution in [0.15, 0.2) is 23.4 Å². The number of hydrogen-bond donors (Lipinski definition) is 1. The molecule has 8 heteroatoms. The van der Waals surface area contributed by atoms with E-state index in [0.717, 1.165) is 18.5 Å². The van der Waals surface area contributed by atoms with Crippen LogP contribution in [0, 0.1) is 0 Å². The van der Waals surface area contributed by atoms with Gasteiger partial charge in [0, 0.05) is 13.0 Å². The highest BCUT2D eigenvalue weighted by atomic mass is 35.5. The Morgan fingerprint density at radius 2 is 1.77 bits per heavy atom. The van der Waals surface area contributed by atoms with E-state index in [0.29, 0.717) is 30.4 Å². The molecule has 0 bridgehead atoms. The van der Waals surface area contributed by atoms with Crippen molar-refractivity contribution in [3.8, 4) is 11.5 Å². The summed E-state index contributed by atoms with van der Waals surface area (Å²) in [5, 5.41) is 4.00. The standard InChI is InChI=1S/C18H29N3O3.2ClH/c1-22-16-8-7-15(13-17(16)23-2)14-18(19)20-24-12-6-11-21-9-4-3-5-10-21;;/h7-8,13H,3-6,9-12,14H2,1-2H3,(H2,19,20);2*1H. The zero-order valence-corrected chi connectivity index (χ0v) is 17.2. The molecule has 1 aliphatic rings. The molecule has 0 radical (unpaired) electrons. The highest BCUT2D eigenvalue weighted by Gasteiger charge is 2.09. The number of methoxy groups -OCH3 is 2. The number of amidine groups is 1. The van der Waals surface area contributed by atoms with E-state index in [2.05, 4.69) is 10.1 Å². The van der Waals surface area contributed by atoms with Gasteiger partial charge in [0.1, 0.15) is 12.4 Å². The summed E-state index contributed by atoms with van der Waals surface area (Å²) in [5.41, 5.74) is 6.94. The maximum Gasteiger partial charge on any atom is 0.161 e. The van der Waals surface area contributed by atoms with Crippen molar-refractivity contribution in [1.82, 2.24) is 4.90 Å². The Labute approximate surface area is 168 Å². The maximum atomic E-state index is 5.94. The zero-order chi connectivity index (χ0) is 17.2. The van der Waals surface area contributed by atoms with Gasteiger partial charge in [-0.3, -0.25) is 0 Å². The molecule has 2 N–H and O–H groups in total. The summed E-state index contributed by atoms with van der Waals surface area (Å²) >= 11 is 0. The molecule has 0 atom stereocenters. The van der Waals surface area contributed by atoms with Crippen LogP contribution in [0.1, 0.15) is 31.2 Å². The number of piperidine rings is 1. The van der Waals surface area contributed by atoms with Crippen molar-refractivity contribution in [3.05, 3.63) is 23.8 Å². The molecule has 0 amide bonds. The van der Waals surface area contributed by atoms with E-state index < -0.39 is 0 Å². The van der Waals surface area contributed by atoms with E-state index in [1.807, 2.05) is 18.2 Å². The van der Waals surface area contributed by atoms with Gasteiger partial charge in [-0.15, -0.1) is 24.8 Å². The van der Waals surface area contributed by atoms with Crippen molar-refractivity contribution in [3.63, 3.8) is 0 Å². The van der Waals surface area contributed by atoms with E-state index in [9.17, 15) is 0 Å². The van der Waals surface area contributed by atoms with Crippen molar-refractivity contribution >= 4 is 30.6 Å². The molecule has 26 heavy (non-hydrogen) atoms. The molecule has 0 aliphatic carbocycles. The normalized spacial score (nSPS) is 14.8. The molecule has 150 valence electrons. The average Bonchev–Trinajstić information content (AvgIpc) is 2.62. The second kappa shape index (κ2) is 13.8. The van der Waals surface area contributed by atoms with Crippen LogP contribution in [0.2, 0.25) is 0 Å². The van der Waals surface area contributed by atoms with Crippen molar-refractivity contribution in [1.29, 1.82) is 0 Å². The molecule has 1 saturated heterocycles. The van der Waals surface area contributed by atoms with Crippen LogP contribution >= 0.6 is 24.8 Å². The first-order valence-electron chi connectivity index (χ1n) is 8.60. The molecule has 0 unspecified atom stereocenters. The zero-order valence-electron chi connectivity index (χ0n) is 15.6. The highest BCUT2D eigenvalue weighted by Crippen LogP contribution is 2.27. The Bertz CT molecular complexity index is 538. The van der Waals surface area contributed by atoms with Crippen LogP contribution in [-0.2, 0) is 11.3 Å². The minimum absolute atomic E-state index is 0. The minimum atomic E-state index is 0. The quantitative estimate of drug-likeness (QED) is 0.294. The predicted octanol–water partition coefficient (Wildman–Crippen LogP) is 3.25. The number of nitrogens with two attached hydrogens (primary N) is 1. The molecule has 1 aromatic carbocycles. The third-order valence-corrected chi connectivity index (χ3v) is 4.17. The van der Waals surface area contributed by atoms with Gasteiger partial charge in [0.2, 0.25) is 0 Å². The maximum absolute atomic E-state index is 5.94. The Morgan fingerprint density at radius 3 is 2.42 bits per heavy atom. The monoisotopic (exact) mass is 407 g/mol. The molecular formula is C18H31Cl2N3O3. The fourth-order valence-corrected chi connectivity index (χ4v) is 2.90. The van der Waals surface area contributed by atoms with Crippen LogP contribution in [0.5, 0.6) is 11.5 Å². The fraction of sp³-hybridized carbons (Fsp3) is 0.611. The van der Waals surface area contributed by atoms with Gasteiger partial charge in [0.05, 0.1) is 14.2 Å². The number of nitrogens with zero attached hydrogens (tertiary/aromatic N) is 2. The number of halogens is 2. The lowest BCUT2D eigenvalue weighted by molar-refractivity contribution is 0.123. The van der Waals surface area contributed by atoms with Crippen molar-refractivity contribution in [2.45, 2.75) is 32.1 Å². The molecule has 2 rings (SSSR count). The molecule has 1 fully saturated rings. The number of hydrogen-bond acceptors (Lipinski definition) is 5. The van der Waals surface area contributed by atoms with E-state index in [1.54, 1.807) is 14.2 Å². The summed E-state index contributed by atoms with van der Waals surface area (Å²) < 4.78 is 10.5. The summed E-state index contributed by atoms with van der Waals surface area (Å²) in [6.45, 7) is 4.10. The van der Waals surface area contributed by atoms with Crippen molar-refractivity contribution in [2.24, 2.45) is 10.9 Å². The smallest absolute Gasteiger partial charge is 0.161 e. The third-order valence-electron chi connectivity index (χ3n) is 4.17. The molecular weight excluding hydrogens is 377 g/mol. The van der Waals surface area contributed by atoms with Crippen LogP contribution in [0.4, 0.5) is 0 Å². The minimum Gasteiger partial charge on any atom is -0.493 e. The van der Waals surface area contributed by atoms with Crippen molar-refractivity contribution in [2.75, 3.05) is 40.5 Å². The Hall–Kier alpha value is -1.37. The van der Waals surface area contributed by atoms with Gasteiger partial charge in [-0.25, -0.2) is 0 Å². The first-order valence-corrected chi connectivity index (χ1v) is 8.60. The van der Waals surface area contributed by atoms with E-state index >= 15 is 0 Å². The van der Waals surface area contributed by atoms with Gasteiger partial charge >= 0.3 is 0 Å². The lowest BCUT2D eigenvalue weighted by Gasteiger charge is -2.25. The Kier molecular flexibility index (Phi) is 13.1. The van der Waals surface area contributed by atoms with Crippen LogP contribution in [0.3, 0.4) is 0 Å². The molecule has 0 spiro atoms. The Balaban J connectivity index is 0.00000312. The van der Waals surface area contributed by atoms with Crippen LogP contribution < -0.4 is 15.2 Å². The topological polar surface area (TPSA) is 69.3 Å². The van der Waals surface area contributed by atoms with E-state index in [1.165, 1.54) is 32.4 Å². The van der Waals surface area contributed by atoms with Crippen molar-refractivity contribution < 1.29 is 14.3 Å². The van der Waals surface area contributed by atoms with Crippen LogP contribution in [0.25, 0.3) is 0 Å². The second-order valence-corrected chi connectivity index (χ2v) is 6.04. The van der Waals surface area contributed by atoms with Gasteiger partial charge in [-0.1, -0.05) is 17.6 Å². The summed E-state index contributed by atoms with van der Waals surface area (Å²) in [6.07, 6.45) is 5.50. The summed E-state index contributed by atoms with van der Waals surface area (Å²) in [5.74, 6) is 1.84. The number of rotatable bonds is 9. The SMILES string of the molecule is COc1ccc(C/C(N)=N\OCCCN2CCCCC2)cc1OC.Cl.Cl. The van der Waals surface area contributed by atoms with Crippen LogP contribution in [-0.4, -0.2) is 51.2 Å². The number of likely N-dealkylation sites (tertiary alicyclic amines) is 1. The second-order valence-electron chi connectivity index (χ2n) is 6.04. The van der Waals surface area contributed by atoms with E-state index in [-0.39, 0.29) is 24.8 Å². The first-order chi connectivity index (χ1) is 11.7. The molecule has 0 aromatic heterocycles. The largest absolute Gasteiger partial charge is 0.493 e. The molecule has 6 nitrogen and oxygen atoms in total. The predicted molar refractivity (Wildman–Crippen MR) is 110 cm³/mol. The lowest BCUT2D eigenvalue weighted by atomic mass is 10.1. The van der Waals surface area contributed by atoms with Gasteiger partial charge in [-0.05, 0) is 50.0 Å². The third kappa shape index (κ3) is 8.34. The molecule has 1 aliphatic heterocycles.